The number of carbonyl (C=O) groups excluding carboxylic acids is 1. The molecule has 1 amide bonds. The third-order valence-corrected chi connectivity index (χ3v) is 4.20. The smallest absolute Gasteiger partial charge is 0.263 e. The molecule has 2 aliphatic heterocycles. The van der Waals surface area contributed by atoms with Crippen molar-refractivity contribution in [1.29, 1.82) is 0 Å². The molecule has 2 heterocycles. The highest BCUT2D eigenvalue weighted by Crippen LogP contribution is 2.25. The van der Waals surface area contributed by atoms with Crippen LogP contribution in [0.25, 0.3) is 0 Å². The summed E-state index contributed by atoms with van der Waals surface area (Å²) in [4.78, 5) is 13.9. The van der Waals surface area contributed by atoms with E-state index in [1.54, 1.807) is 0 Å². The second-order valence-corrected chi connectivity index (χ2v) is 5.39. The summed E-state index contributed by atoms with van der Waals surface area (Å²) in [6, 6.07) is 0.699. The van der Waals surface area contributed by atoms with Gasteiger partial charge in [-0.2, -0.15) is 0 Å². The molecule has 0 aromatic rings. The molecule has 5 heteroatoms. The zero-order chi connectivity index (χ0) is 13.0. The molecule has 2 fully saturated rings. The van der Waals surface area contributed by atoms with Crippen molar-refractivity contribution < 1.29 is 9.53 Å². The summed E-state index contributed by atoms with van der Waals surface area (Å²) in [6.07, 6.45) is 6.75. The van der Waals surface area contributed by atoms with Gasteiger partial charge in [-0.25, -0.2) is 5.84 Å². The maximum atomic E-state index is 11.4. The number of likely N-dealkylation sites (tertiary alicyclic amines) is 1. The summed E-state index contributed by atoms with van der Waals surface area (Å²) < 4.78 is 5.78. The van der Waals surface area contributed by atoms with Gasteiger partial charge in [-0.15, -0.1) is 0 Å². The van der Waals surface area contributed by atoms with E-state index in [9.17, 15) is 4.79 Å². The highest BCUT2D eigenvalue weighted by atomic mass is 16.5. The van der Waals surface area contributed by atoms with Crippen LogP contribution in [-0.4, -0.2) is 42.1 Å². The van der Waals surface area contributed by atoms with Crippen molar-refractivity contribution in [2.24, 2.45) is 5.84 Å². The first-order valence-electron chi connectivity index (χ1n) is 7.14. The van der Waals surface area contributed by atoms with Crippen molar-refractivity contribution in [2.75, 3.05) is 13.1 Å². The Morgan fingerprint density at radius 2 is 2.22 bits per heavy atom. The second kappa shape index (κ2) is 6.50. The average Bonchev–Trinajstić information content (AvgIpc) is 2.87. The first kappa shape index (κ1) is 13.8. The number of nitrogens with one attached hydrogen (secondary N) is 1. The number of hydrazine groups is 1. The third-order valence-electron chi connectivity index (χ3n) is 4.20. The first-order valence-corrected chi connectivity index (χ1v) is 7.14. The van der Waals surface area contributed by atoms with E-state index in [0.717, 1.165) is 19.4 Å². The van der Waals surface area contributed by atoms with Gasteiger partial charge >= 0.3 is 0 Å². The highest BCUT2D eigenvalue weighted by molar-refractivity contribution is 5.80. The van der Waals surface area contributed by atoms with Crippen molar-refractivity contribution in [1.82, 2.24) is 10.3 Å². The van der Waals surface area contributed by atoms with Gasteiger partial charge in [-0.3, -0.25) is 15.1 Å². The number of rotatable bonds is 4. The van der Waals surface area contributed by atoms with Crippen LogP contribution in [0, 0.1) is 0 Å². The van der Waals surface area contributed by atoms with Gasteiger partial charge in [0, 0.05) is 12.6 Å². The minimum absolute atomic E-state index is 0.191. The van der Waals surface area contributed by atoms with E-state index < -0.39 is 0 Å². The first-order chi connectivity index (χ1) is 8.74. The van der Waals surface area contributed by atoms with Crippen LogP contribution in [0.3, 0.4) is 0 Å². The molecule has 2 saturated heterocycles. The maximum Gasteiger partial charge on any atom is 0.263 e. The number of hydrogen-bond acceptors (Lipinski definition) is 4. The van der Waals surface area contributed by atoms with Gasteiger partial charge in [0.1, 0.15) is 6.10 Å². The molecule has 0 spiro atoms. The van der Waals surface area contributed by atoms with Gasteiger partial charge in [-0.05, 0) is 38.6 Å². The van der Waals surface area contributed by atoms with Crippen LogP contribution in [0.5, 0.6) is 0 Å². The predicted octanol–water partition coefficient (Wildman–Crippen LogP) is 0.788. The monoisotopic (exact) mass is 255 g/mol. The quantitative estimate of drug-likeness (QED) is 0.443. The van der Waals surface area contributed by atoms with E-state index in [2.05, 4.69) is 17.2 Å². The summed E-state index contributed by atoms with van der Waals surface area (Å²) in [5, 5.41) is 0. The Morgan fingerprint density at radius 1 is 1.39 bits per heavy atom. The van der Waals surface area contributed by atoms with Crippen molar-refractivity contribution in [3.05, 3.63) is 0 Å². The average molecular weight is 255 g/mol. The Hall–Kier alpha value is -0.650. The molecule has 0 bridgehead atoms. The van der Waals surface area contributed by atoms with Gasteiger partial charge in [0.05, 0.1) is 6.10 Å². The van der Waals surface area contributed by atoms with Crippen LogP contribution in [-0.2, 0) is 9.53 Å². The van der Waals surface area contributed by atoms with Crippen LogP contribution in [0.1, 0.15) is 45.4 Å². The van der Waals surface area contributed by atoms with Gasteiger partial charge < -0.3 is 4.74 Å². The lowest BCUT2D eigenvalue weighted by atomic mass is 9.99. The molecule has 104 valence electrons. The normalized spacial score (nSPS) is 33.6. The summed E-state index contributed by atoms with van der Waals surface area (Å²) in [5.41, 5.74) is 2.17. The zero-order valence-corrected chi connectivity index (χ0v) is 11.2. The zero-order valence-electron chi connectivity index (χ0n) is 11.2. The number of nitrogens with two attached hydrogens (primary N) is 1. The number of hydrogen-bond donors (Lipinski definition) is 2. The van der Waals surface area contributed by atoms with Crippen molar-refractivity contribution in [3.63, 3.8) is 0 Å². The molecule has 3 atom stereocenters. The molecule has 0 aliphatic carbocycles. The summed E-state index contributed by atoms with van der Waals surface area (Å²) in [6.45, 7) is 4.39. The molecule has 18 heavy (non-hydrogen) atoms. The molecular weight excluding hydrogens is 230 g/mol. The maximum absolute atomic E-state index is 11.4. The minimum Gasteiger partial charge on any atom is -0.364 e. The van der Waals surface area contributed by atoms with Crippen LogP contribution in [0.15, 0.2) is 0 Å². The molecule has 2 aliphatic rings. The summed E-state index contributed by atoms with van der Waals surface area (Å²) in [7, 11) is 0. The van der Waals surface area contributed by atoms with Crippen LogP contribution in [0.2, 0.25) is 0 Å². The molecule has 3 N–H and O–H groups in total. The van der Waals surface area contributed by atoms with E-state index in [1.165, 1.54) is 32.2 Å². The molecule has 2 rings (SSSR count). The molecule has 0 aromatic carbocycles. The highest BCUT2D eigenvalue weighted by Gasteiger charge is 2.32. The van der Waals surface area contributed by atoms with Crippen molar-refractivity contribution >= 4 is 5.91 Å². The Bertz CT molecular complexity index is 285. The van der Waals surface area contributed by atoms with E-state index in [0.29, 0.717) is 6.04 Å². The predicted molar refractivity (Wildman–Crippen MR) is 69.7 cm³/mol. The molecule has 0 aromatic heterocycles. The van der Waals surface area contributed by atoms with Gasteiger partial charge in [0.2, 0.25) is 0 Å². The Balaban J connectivity index is 1.81. The number of piperidine rings is 1. The molecule has 5 nitrogen and oxygen atoms in total. The van der Waals surface area contributed by atoms with Gasteiger partial charge in [-0.1, -0.05) is 13.3 Å². The Labute approximate surface area is 109 Å². The van der Waals surface area contributed by atoms with Crippen molar-refractivity contribution in [3.8, 4) is 0 Å². The number of amides is 1. The molecule has 3 unspecified atom stereocenters. The fraction of sp³-hybridized carbons (Fsp3) is 0.923. The standard InChI is InChI=1S/C13H25N3O2/c1-2-10-5-3-4-8-16(10)9-11-6-7-12(18-11)13(17)15-14/h10-12H,2-9,14H2,1H3,(H,15,17). The van der Waals surface area contributed by atoms with Crippen LogP contribution >= 0.6 is 0 Å². The summed E-state index contributed by atoms with van der Waals surface area (Å²) >= 11 is 0. The Morgan fingerprint density at radius 3 is 2.94 bits per heavy atom. The molecule has 0 radical (unpaired) electrons. The van der Waals surface area contributed by atoms with E-state index >= 15 is 0 Å². The fourth-order valence-corrected chi connectivity index (χ4v) is 3.15. The van der Waals surface area contributed by atoms with E-state index in [-0.39, 0.29) is 18.1 Å². The largest absolute Gasteiger partial charge is 0.364 e. The number of carbonyl (C=O) groups is 1. The lowest BCUT2D eigenvalue weighted by Gasteiger charge is -2.36. The van der Waals surface area contributed by atoms with E-state index in [4.69, 9.17) is 10.6 Å². The number of ether oxygens (including phenoxy) is 1. The third kappa shape index (κ3) is 3.22. The topological polar surface area (TPSA) is 67.6 Å². The van der Waals surface area contributed by atoms with Gasteiger partial charge in [0.15, 0.2) is 0 Å². The SMILES string of the molecule is CCC1CCCCN1CC1CCC(C(=O)NN)O1. The fourth-order valence-electron chi connectivity index (χ4n) is 3.15. The Kier molecular flexibility index (Phi) is 4.97. The lowest BCUT2D eigenvalue weighted by Crippen LogP contribution is -2.44. The van der Waals surface area contributed by atoms with Crippen molar-refractivity contribution in [2.45, 2.75) is 63.7 Å². The van der Waals surface area contributed by atoms with Crippen LogP contribution in [0.4, 0.5) is 0 Å². The minimum atomic E-state index is -0.343. The molecule has 0 saturated carbocycles. The molecular formula is C13H25N3O2. The summed E-state index contributed by atoms with van der Waals surface area (Å²) in [5.74, 6) is 4.94. The van der Waals surface area contributed by atoms with Crippen LogP contribution < -0.4 is 11.3 Å². The second-order valence-electron chi connectivity index (χ2n) is 5.39. The van der Waals surface area contributed by atoms with Gasteiger partial charge in [0.25, 0.3) is 5.91 Å². The lowest BCUT2D eigenvalue weighted by molar-refractivity contribution is -0.132. The number of nitrogens with zero attached hydrogens (tertiary/aromatic N) is 1. The van der Waals surface area contributed by atoms with E-state index in [1.807, 2.05) is 0 Å².